The highest BCUT2D eigenvalue weighted by Crippen LogP contribution is 2.48. The van der Waals surface area contributed by atoms with Crippen molar-refractivity contribution >= 4 is 0 Å². The lowest BCUT2D eigenvalue weighted by Gasteiger charge is -2.51. The molecule has 0 N–H and O–H groups in total. The minimum absolute atomic E-state index is 0.197. The molecule has 2 saturated heterocycles. The van der Waals surface area contributed by atoms with Crippen molar-refractivity contribution in [2.75, 3.05) is 26.3 Å². The van der Waals surface area contributed by atoms with Crippen molar-refractivity contribution in [2.45, 2.75) is 56.3 Å². The zero-order valence-corrected chi connectivity index (χ0v) is 13.4. The summed E-state index contributed by atoms with van der Waals surface area (Å²) < 4.78 is 11.9. The first-order chi connectivity index (χ1) is 10.8. The van der Waals surface area contributed by atoms with E-state index in [1.165, 1.54) is 37.9 Å². The van der Waals surface area contributed by atoms with Crippen molar-refractivity contribution in [1.29, 1.82) is 0 Å². The first-order valence-electron chi connectivity index (χ1n) is 8.92. The van der Waals surface area contributed by atoms with E-state index in [0.717, 1.165) is 38.9 Å². The van der Waals surface area contributed by atoms with E-state index in [0.29, 0.717) is 0 Å². The molecule has 120 valence electrons. The Morgan fingerprint density at radius 1 is 0.773 bits per heavy atom. The Balaban J connectivity index is 1.62. The van der Waals surface area contributed by atoms with Crippen LogP contribution in [-0.4, -0.2) is 37.0 Å². The molecular weight excluding hydrogens is 274 g/mol. The fraction of sp³-hybridized carbons (Fsp3) is 0.684. The highest BCUT2D eigenvalue weighted by atomic mass is 16.7. The van der Waals surface area contributed by atoms with Gasteiger partial charge in [0.05, 0.1) is 13.2 Å². The summed E-state index contributed by atoms with van der Waals surface area (Å²) in [6, 6.07) is 11.1. The van der Waals surface area contributed by atoms with E-state index in [4.69, 9.17) is 9.47 Å². The minimum Gasteiger partial charge on any atom is -0.348 e. The fourth-order valence-electron chi connectivity index (χ4n) is 4.69. The van der Waals surface area contributed by atoms with Crippen LogP contribution in [0.25, 0.3) is 0 Å². The van der Waals surface area contributed by atoms with Crippen molar-refractivity contribution in [2.24, 2.45) is 0 Å². The minimum atomic E-state index is -0.270. The molecule has 0 unspecified atom stereocenters. The van der Waals surface area contributed by atoms with Gasteiger partial charge in [-0.2, -0.15) is 0 Å². The summed E-state index contributed by atoms with van der Waals surface area (Å²) in [5, 5.41) is 0. The number of hydrogen-bond acceptors (Lipinski definition) is 3. The molecule has 0 aromatic heterocycles. The van der Waals surface area contributed by atoms with Crippen molar-refractivity contribution in [3.63, 3.8) is 0 Å². The van der Waals surface area contributed by atoms with Crippen LogP contribution < -0.4 is 0 Å². The van der Waals surface area contributed by atoms with Gasteiger partial charge in [-0.05, 0) is 44.3 Å². The summed E-state index contributed by atoms with van der Waals surface area (Å²) in [4.78, 5) is 2.76. The van der Waals surface area contributed by atoms with Crippen LogP contribution in [-0.2, 0) is 15.0 Å². The van der Waals surface area contributed by atoms with E-state index in [-0.39, 0.29) is 11.3 Å². The SMILES string of the molecule is c1ccc(C2(N3CCCCC3)CCC3(CC2)OCCO3)cc1. The lowest BCUT2D eigenvalue weighted by molar-refractivity contribution is -0.196. The molecule has 1 aromatic carbocycles. The van der Waals surface area contributed by atoms with Gasteiger partial charge < -0.3 is 9.47 Å². The third kappa shape index (κ3) is 2.49. The van der Waals surface area contributed by atoms with E-state index < -0.39 is 0 Å². The summed E-state index contributed by atoms with van der Waals surface area (Å²) >= 11 is 0. The summed E-state index contributed by atoms with van der Waals surface area (Å²) in [5.74, 6) is -0.270. The van der Waals surface area contributed by atoms with Crippen LogP contribution in [0.15, 0.2) is 30.3 Å². The Kier molecular flexibility index (Phi) is 3.97. The first kappa shape index (κ1) is 14.7. The molecule has 22 heavy (non-hydrogen) atoms. The Morgan fingerprint density at radius 2 is 1.41 bits per heavy atom. The number of ether oxygens (including phenoxy) is 2. The van der Waals surface area contributed by atoms with Gasteiger partial charge in [0, 0.05) is 18.4 Å². The second-order valence-corrected chi connectivity index (χ2v) is 7.05. The van der Waals surface area contributed by atoms with Gasteiger partial charge >= 0.3 is 0 Å². The summed E-state index contributed by atoms with van der Waals surface area (Å²) in [5.41, 5.74) is 1.69. The number of likely N-dealkylation sites (tertiary alicyclic amines) is 1. The van der Waals surface area contributed by atoms with Crippen LogP contribution >= 0.6 is 0 Å². The van der Waals surface area contributed by atoms with E-state index in [2.05, 4.69) is 35.2 Å². The largest absolute Gasteiger partial charge is 0.348 e. The molecule has 0 bridgehead atoms. The van der Waals surface area contributed by atoms with E-state index >= 15 is 0 Å². The average molecular weight is 301 g/mol. The average Bonchev–Trinajstić information content (AvgIpc) is 3.06. The molecule has 0 atom stereocenters. The predicted molar refractivity (Wildman–Crippen MR) is 86.6 cm³/mol. The maximum Gasteiger partial charge on any atom is 0.168 e. The van der Waals surface area contributed by atoms with Gasteiger partial charge in [0.2, 0.25) is 0 Å². The van der Waals surface area contributed by atoms with Gasteiger partial charge in [-0.15, -0.1) is 0 Å². The molecule has 3 fully saturated rings. The quantitative estimate of drug-likeness (QED) is 0.831. The van der Waals surface area contributed by atoms with E-state index in [1.807, 2.05) is 0 Å². The molecule has 1 aliphatic carbocycles. The van der Waals surface area contributed by atoms with E-state index in [9.17, 15) is 0 Å². The molecule has 3 heteroatoms. The second kappa shape index (κ2) is 5.95. The third-order valence-corrected chi connectivity index (χ3v) is 5.93. The smallest absolute Gasteiger partial charge is 0.168 e. The molecule has 3 nitrogen and oxygen atoms in total. The number of benzene rings is 1. The Labute approximate surface area is 133 Å². The predicted octanol–water partition coefficient (Wildman–Crippen LogP) is 3.68. The molecule has 3 aliphatic rings. The van der Waals surface area contributed by atoms with Crippen LogP contribution in [0, 0.1) is 0 Å². The van der Waals surface area contributed by atoms with E-state index in [1.54, 1.807) is 0 Å². The van der Waals surface area contributed by atoms with Gasteiger partial charge in [-0.25, -0.2) is 0 Å². The maximum absolute atomic E-state index is 5.96. The number of hydrogen-bond donors (Lipinski definition) is 0. The first-order valence-corrected chi connectivity index (χ1v) is 8.92. The molecule has 0 radical (unpaired) electrons. The molecule has 2 heterocycles. The van der Waals surface area contributed by atoms with Crippen molar-refractivity contribution in [1.82, 2.24) is 4.90 Å². The van der Waals surface area contributed by atoms with Crippen molar-refractivity contribution in [3.8, 4) is 0 Å². The second-order valence-electron chi connectivity index (χ2n) is 7.05. The van der Waals surface area contributed by atoms with Crippen LogP contribution in [0.4, 0.5) is 0 Å². The highest BCUT2D eigenvalue weighted by Gasteiger charge is 2.49. The Bertz CT molecular complexity index is 479. The van der Waals surface area contributed by atoms with Crippen LogP contribution in [0.1, 0.15) is 50.5 Å². The number of nitrogens with zero attached hydrogens (tertiary/aromatic N) is 1. The molecular formula is C19H27NO2. The fourth-order valence-corrected chi connectivity index (χ4v) is 4.69. The zero-order chi connectivity index (χ0) is 14.9. The molecule has 1 spiro atoms. The Hall–Kier alpha value is -0.900. The highest BCUT2D eigenvalue weighted by molar-refractivity contribution is 5.26. The Morgan fingerprint density at radius 3 is 2.05 bits per heavy atom. The standard InChI is InChI=1S/C19H27NO2/c1-3-7-17(8-4-1)18(20-13-5-2-6-14-20)9-11-19(12-10-18)21-15-16-22-19/h1,3-4,7-8H,2,5-6,9-16H2. The number of rotatable bonds is 2. The summed E-state index contributed by atoms with van der Waals surface area (Å²) in [7, 11) is 0. The van der Waals surface area contributed by atoms with Crippen molar-refractivity contribution < 1.29 is 9.47 Å². The van der Waals surface area contributed by atoms with Crippen LogP contribution in [0.2, 0.25) is 0 Å². The molecule has 1 saturated carbocycles. The van der Waals surface area contributed by atoms with Gasteiger partial charge in [-0.3, -0.25) is 4.90 Å². The van der Waals surface area contributed by atoms with Gasteiger partial charge in [0.15, 0.2) is 5.79 Å². The molecule has 1 aromatic rings. The lowest BCUT2D eigenvalue weighted by atomic mass is 9.72. The zero-order valence-electron chi connectivity index (χ0n) is 13.4. The monoisotopic (exact) mass is 301 g/mol. The van der Waals surface area contributed by atoms with Gasteiger partial charge in [0.25, 0.3) is 0 Å². The molecule has 0 amide bonds. The van der Waals surface area contributed by atoms with Gasteiger partial charge in [0.1, 0.15) is 0 Å². The topological polar surface area (TPSA) is 21.7 Å². The van der Waals surface area contributed by atoms with Crippen molar-refractivity contribution in [3.05, 3.63) is 35.9 Å². The molecule has 4 rings (SSSR count). The maximum atomic E-state index is 5.96. The third-order valence-electron chi connectivity index (χ3n) is 5.93. The molecule has 2 aliphatic heterocycles. The van der Waals surface area contributed by atoms with Gasteiger partial charge in [-0.1, -0.05) is 36.8 Å². The van der Waals surface area contributed by atoms with Crippen LogP contribution in [0.3, 0.4) is 0 Å². The lowest BCUT2D eigenvalue weighted by Crippen LogP contribution is -2.53. The summed E-state index contributed by atoms with van der Waals surface area (Å²) in [6.07, 6.45) is 8.42. The van der Waals surface area contributed by atoms with Crippen LogP contribution in [0.5, 0.6) is 0 Å². The summed E-state index contributed by atoms with van der Waals surface area (Å²) in [6.45, 7) is 4.01. The number of piperidine rings is 1. The normalized spacial score (nSPS) is 28.0.